The van der Waals surface area contributed by atoms with Crippen molar-refractivity contribution in [2.45, 2.75) is 18.3 Å². The lowest BCUT2D eigenvalue weighted by atomic mass is 10.3. The highest BCUT2D eigenvalue weighted by Crippen LogP contribution is 2.26. The minimum absolute atomic E-state index is 0.112. The van der Waals surface area contributed by atoms with Gasteiger partial charge in [-0.25, -0.2) is 0 Å². The summed E-state index contributed by atoms with van der Waals surface area (Å²) < 4.78 is 47.6. The van der Waals surface area contributed by atoms with Crippen LogP contribution in [0.15, 0.2) is 12.1 Å². The second kappa shape index (κ2) is 5.44. The van der Waals surface area contributed by atoms with Crippen molar-refractivity contribution in [2.75, 3.05) is 18.1 Å². The normalized spacial score (nSPS) is 15.4. The van der Waals surface area contributed by atoms with Crippen LogP contribution < -0.4 is 5.32 Å². The van der Waals surface area contributed by atoms with E-state index in [1.807, 2.05) is 0 Å². The second-order valence-electron chi connectivity index (χ2n) is 3.49. The number of halogens is 3. The van der Waals surface area contributed by atoms with E-state index in [1.54, 1.807) is 13.2 Å². The number of nitrogens with one attached hydrogen (secondary N) is 1. The van der Waals surface area contributed by atoms with Crippen molar-refractivity contribution in [1.82, 2.24) is 10.2 Å². The molecule has 1 rings (SSSR count). The van der Waals surface area contributed by atoms with Gasteiger partial charge in [-0.05, 0) is 19.1 Å². The van der Waals surface area contributed by atoms with Crippen molar-refractivity contribution in [3.63, 3.8) is 0 Å². The van der Waals surface area contributed by atoms with Crippen molar-refractivity contribution in [3.8, 4) is 0 Å². The van der Waals surface area contributed by atoms with Crippen LogP contribution in [0.3, 0.4) is 0 Å². The number of aromatic nitrogens is 2. The fraction of sp³-hybridized carbons (Fsp3) is 0.556. The first-order chi connectivity index (χ1) is 7.80. The smallest absolute Gasteiger partial charge is 0.367 e. The molecule has 0 aromatic carbocycles. The summed E-state index contributed by atoms with van der Waals surface area (Å²) in [4.78, 5) is 0. The summed E-state index contributed by atoms with van der Waals surface area (Å²) in [5.74, 6) is 0.232. The summed E-state index contributed by atoms with van der Waals surface area (Å²) in [5.41, 5.74) is -1.03. The van der Waals surface area contributed by atoms with Gasteiger partial charge in [-0.1, -0.05) is 0 Å². The maximum absolute atomic E-state index is 12.2. The molecule has 2 unspecified atom stereocenters. The fourth-order valence-corrected chi connectivity index (χ4v) is 1.26. The van der Waals surface area contributed by atoms with Crippen molar-refractivity contribution < 1.29 is 17.4 Å². The average Bonchev–Trinajstić information content (AvgIpc) is 2.25. The lowest BCUT2D eigenvalue weighted by Gasteiger charge is -2.10. The first-order valence-corrected chi connectivity index (χ1v) is 6.40. The van der Waals surface area contributed by atoms with Crippen LogP contribution in [0.25, 0.3) is 0 Å². The highest BCUT2D eigenvalue weighted by molar-refractivity contribution is 7.84. The van der Waals surface area contributed by atoms with Crippen LogP contribution in [0.5, 0.6) is 0 Å². The largest absolute Gasteiger partial charge is 0.435 e. The van der Waals surface area contributed by atoms with Gasteiger partial charge in [0.15, 0.2) is 5.69 Å². The molecule has 0 fully saturated rings. The number of alkyl halides is 3. The molecule has 1 N–H and O–H groups in total. The van der Waals surface area contributed by atoms with Crippen molar-refractivity contribution in [2.24, 2.45) is 0 Å². The molecule has 1 aromatic rings. The Labute approximate surface area is 99.1 Å². The molecule has 0 saturated heterocycles. The molecule has 2 atom stereocenters. The van der Waals surface area contributed by atoms with Crippen molar-refractivity contribution >= 4 is 16.6 Å². The maximum atomic E-state index is 12.2. The first-order valence-electron chi connectivity index (χ1n) is 4.77. The monoisotopic (exact) mass is 267 g/mol. The highest BCUT2D eigenvalue weighted by Gasteiger charge is 2.32. The van der Waals surface area contributed by atoms with Gasteiger partial charge in [0.2, 0.25) is 0 Å². The van der Waals surface area contributed by atoms with Gasteiger partial charge in [-0.3, -0.25) is 4.21 Å². The van der Waals surface area contributed by atoms with E-state index in [2.05, 4.69) is 15.5 Å². The van der Waals surface area contributed by atoms with Crippen LogP contribution in [0, 0.1) is 0 Å². The van der Waals surface area contributed by atoms with Gasteiger partial charge in [-0.15, -0.1) is 10.2 Å². The van der Waals surface area contributed by atoms with E-state index in [9.17, 15) is 17.4 Å². The molecule has 17 heavy (non-hydrogen) atoms. The zero-order valence-corrected chi connectivity index (χ0v) is 10.1. The molecule has 0 radical (unpaired) electrons. The van der Waals surface area contributed by atoms with E-state index in [4.69, 9.17) is 0 Å². The Bertz CT molecular complexity index is 393. The molecule has 1 heterocycles. The molecule has 0 aliphatic carbocycles. The number of hydrogen-bond acceptors (Lipinski definition) is 4. The summed E-state index contributed by atoms with van der Waals surface area (Å²) in [6.07, 6.45) is -2.92. The van der Waals surface area contributed by atoms with E-state index < -0.39 is 22.7 Å². The van der Waals surface area contributed by atoms with Crippen LogP contribution in [0.2, 0.25) is 0 Å². The van der Waals surface area contributed by atoms with Crippen LogP contribution in [-0.2, 0) is 17.0 Å². The Morgan fingerprint density at radius 3 is 2.47 bits per heavy atom. The fourth-order valence-electron chi connectivity index (χ4n) is 0.943. The van der Waals surface area contributed by atoms with Gasteiger partial charge in [0.05, 0.1) is 0 Å². The van der Waals surface area contributed by atoms with Gasteiger partial charge in [0, 0.05) is 28.9 Å². The molecule has 96 valence electrons. The number of anilines is 1. The molecule has 1 aromatic heterocycles. The van der Waals surface area contributed by atoms with Gasteiger partial charge < -0.3 is 5.32 Å². The van der Waals surface area contributed by atoms with E-state index in [0.717, 1.165) is 6.07 Å². The summed E-state index contributed by atoms with van der Waals surface area (Å²) >= 11 is 0. The summed E-state index contributed by atoms with van der Waals surface area (Å²) in [6, 6.07) is 2.05. The second-order valence-corrected chi connectivity index (χ2v) is 5.29. The zero-order chi connectivity index (χ0) is 13.1. The van der Waals surface area contributed by atoms with E-state index in [0.29, 0.717) is 6.54 Å². The third-order valence-corrected chi connectivity index (χ3v) is 3.39. The average molecular weight is 267 g/mol. The minimum atomic E-state index is -4.48. The Kier molecular flexibility index (Phi) is 4.44. The Morgan fingerprint density at radius 2 is 2.06 bits per heavy atom. The molecule has 0 spiro atoms. The van der Waals surface area contributed by atoms with E-state index in [1.165, 1.54) is 6.07 Å². The van der Waals surface area contributed by atoms with Gasteiger partial charge in [0.25, 0.3) is 0 Å². The topological polar surface area (TPSA) is 54.9 Å². The Morgan fingerprint density at radius 1 is 1.41 bits per heavy atom. The number of nitrogens with zero attached hydrogens (tertiary/aromatic N) is 2. The quantitative estimate of drug-likeness (QED) is 0.901. The molecular weight excluding hydrogens is 255 g/mol. The first kappa shape index (κ1) is 13.9. The molecule has 0 bridgehead atoms. The highest BCUT2D eigenvalue weighted by atomic mass is 32.2. The summed E-state index contributed by atoms with van der Waals surface area (Å²) in [5, 5.41) is 9.11. The SMILES string of the molecule is CC(CNc1ccc(C(F)(F)F)nn1)S(C)=O. The predicted octanol–water partition coefficient (Wildman–Crippen LogP) is 1.67. The molecule has 8 heteroatoms. The summed E-state index contributed by atoms with van der Waals surface area (Å²) in [7, 11) is -0.993. The lowest BCUT2D eigenvalue weighted by Crippen LogP contribution is -2.21. The molecule has 0 saturated carbocycles. The predicted molar refractivity (Wildman–Crippen MR) is 59.1 cm³/mol. The van der Waals surface area contributed by atoms with Crippen molar-refractivity contribution in [1.29, 1.82) is 0 Å². The molecular formula is C9H12F3N3OS. The Hall–Kier alpha value is -1.18. The summed E-state index contributed by atoms with van der Waals surface area (Å²) in [6.45, 7) is 2.13. The molecule has 0 aliphatic heterocycles. The molecule has 0 aliphatic rings. The van der Waals surface area contributed by atoms with E-state index >= 15 is 0 Å². The van der Waals surface area contributed by atoms with Crippen molar-refractivity contribution in [3.05, 3.63) is 17.8 Å². The lowest BCUT2D eigenvalue weighted by molar-refractivity contribution is -0.141. The minimum Gasteiger partial charge on any atom is -0.367 e. The number of hydrogen-bond donors (Lipinski definition) is 1. The third-order valence-electron chi connectivity index (χ3n) is 2.09. The third kappa shape index (κ3) is 4.29. The van der Waals surface area contributed by atoms with Gasteiger partial charge in [0.1, 0.15) is 5.82 Å². The van der Waals surface area contributed by atoms with Crippen LogP contribution in [-0.4, -0.2) is 32.5 Å². The standard InChI is InChI=1S/C9H12F3N3OS/c1-6(17(2)16)5-13-8-4-3-7(14-15-8)9(10,11)12/h3-4,6H,5H2,1-2H3,(H,13,15). The number of rotatable bonds is 4. The molecule has 0 amide bonds. The van der Waals surface area contributed by atoms with E-state index in [-0.39, 0.29) is 11.1 Å². The maximum Gasteiger partial charge on any atom is 0.435 e. The molecule has 4 nitrogen and oxygen atoms in total. The van der Waals surface area contributed by atoms with Crippen LogP contribution in [0.4, 0.5) is 19.0 Å². The Balaban J connectivity index is 2.60. The van der Waals surface area contributed by atoms with Crippen LogP contribution in [0.1, 0.15) is 12.6 Å². The van der Waals surface area contributed by atoms with Gasteiger partial charge >= 0.3 is 6.18 Å². The van der Waals surface area contributed by atoms with Gasteiger partial charge in [-0.2, -0.15) is 13.2 Å². The zero-order valence-electron chi connectivity index (χ0n) is 9.28. The van der Waals surface area contributed by atoms with Crippen LogP contribution >= 0.6 is 0 Å².